The molecule has 1 aromatic carbocycles. The van der Waals surface area contributed by atoms with Crippen LogP contribution in [0.5, 0.6) is 0 Å². The Morgan fingerprint density at radius 3 is 2.48 bits per heavy atom. The minimum Gasteiger partial charge on any atom is -0.480 e. The molecule has 136 valence electrons. The molecule has 0 aliphatic carbocycles. The van der Waals surface area contributed by atoms with Gasteiger partial charge in [-0.2, -0.15) is 0 Å². The van der Waals surface area contributed by atoms with E-state index in [4.69, 9.17) is 4.74 Å². The highest BCUT2D eigenvalue weighted by atomic mass is 32.2. The van der Waals surface area contributed by atoms with Crippen LogP contribution in [-0.4, -0.2) is 52.3 Å². The third-order valence-corrected chi connectivity index (χ3v) is 5.49. The number of carbonyl (C=O) groups excluding carboxylic acids is 2. The summed E-state index contributed by atoms with van der Waals surface area (Å²) in [6.45, 7) is 3.56. The fourth-order valence-electron chi connectivity index (χ4n) is 2.72. The van der Waals surface area contributed by atoms with Crippen LogP contribution in [0.1, 0.15) is 19.4 Å². The average molecular weight is 366 g/mol. The fraction of sp³-hybridized carbons (Fsp3) is 0.471. The van der Waals surface area contributed by atoms with Crippen molar-refractivity contribution in [2.24, 2.45) is 0 Å². The van der Waals surface area contributed by atoms with Gasteiger partial charge in [-0.15, -0.1) is 11.8 Å². The lowest BCUT2D eigenvalue weighted by molar-refractivity contribution is -0.146. The Balaban J connectivity index is 2.10. The highest BCUT2D eigenvalue weighted by Crippen LogP contribution is 2.39. The van der Waals surface area contributed by atoms with Crippen LogP contribution in [0.4, 0.5) is 0 Å². The second-order valence-corrected chi connectivity index (χ2v) is 8.11. The molecule has 3 atom stereocenters. The molecule has 0 saturated carbocycles. The highest BCUT2D eigenvalue weighted by Gasteiger charge is 2.49. The van der Waals surface area contributed by atoms with E-state index in [-0.39, 0.29) is 12.3 Å². The molecule has 0 aromatic heterocycles. The summed E-state index contributed by atoms with van der Waals surface area (Å²) in [4.78, 5) is 35.9. The van der Waals surface area contributed by atoms with Crippen molar-refractivity contribution in [3.05, 3.63) is 35.9 Å². The number of thioether (sulfide) groups is 1. The van der Waals surface area contributed by atoms with Gasteiger partial charge in [0, 0.05) is 4.75 Å². The Morgan fingerprint density at radius 2 is 1.96 bits per heavy atom. The number of aliphatic carboxylic acids is 1. The van der Waals surface area contributed by atoms with Crippen LogP contribution in [0.15, 0.2) is 30.3 Å². The van der Waals surface area contributed by atoms with Gasteiger partial charge in [-0.25, -0.2) is 4.79 Å². The van der Waals surface area contributed by atoms with E-state index in [0.29, 0.717) is 0 Å². The predicted octanol–water partition coefficient (Wildman–Crippen LogP) is 0.781. The van der Waals surface area contributed by atoms with E-state index in [1.807, 2.05) is 30.3 Å². The van der Waals surface area contributed by atoms with Gasteiger partial charge < -0.3 is 15.2 Å². The van der Waals surface area contributed by atoms with Gasteiger partial charge in [0.05, 0.1) is 18.9 Å². The molecule has 1 aliphatic rings. The molecule has 2 rings (SSSR count). The predicted molar refractivity (Wildman–Crippen MR) is 94.1 cm³/mol. The number of methoxy groups -OCH3 is 1. The average Bonchev–Trinajstić information content (AvgIpc) is 2.88. The van der Waals surface area contributed by atoms with Crippen LogP contribution in [0.3, 0.4) is 0 Å². The van der Waals surface area contributed by atoms with Gasteiger partial charge in [0.25, 0.3) is 0 Å². The van der Waals surface area contributed by atoms with Crippen LogP contribution in [-0.2, 0) is 25.5 Å². The molecule has 25 heavy (non-hydrogen) atoms. The molecule has 1 aromatic rings. The monoisotopic (exact) mass is 366 g/mol. The molecule has 3 unspecified atom stereocenters. The maximum absolute atomic E-state index is 12.3. The summed E-state index contributed by atoms with van der Waals surface area (Å²) >= 11 is 1.30. The van der Waals surface area contributed by atoms with Crippen LogP contribution in [0.25, 0.3) is 0 Å². The van der Waals surface area contributed by atoms with Crippen LogP contribution >= 0.6 is 11.8 Å². The Hall–Kier alpha value is -2.06. The van der Waals surface area contributed by atoms with E-state index < -0.39 is 34.1 Å². The molecule has 1 aliphatic heterocycles. The van der Waals surface area contributed by atoms with E-state index in [1.54, 1.807) is 13.8 Å². The lowest BCUT2D eigenvalue weighted by Gasteiger charge is -2.23. The fourth-order valence-corrected chi connectivity index (χ4v) is 4.20. The summed E-state index contributed by atoms with van der Waals surface area (Å²) in [5.74, 6) is -1.95. The van der Waals surface area contributed by atoms with Crippen molar-refractivity contribution in [2.45, 2.75) is 42.5 Å². The number of esters is 1. The normalized spacial score (nSPS) is 22.8. The molecular formula is C17H22N2O5S. The van der Waals surface area contributed by atoms with E-state index >= 15 is 0 Å². The van der Waals surface area contributed by atoms with Crippen molar-refractivity contribution < 1.29 is 24.2 Å². The maximum Gasteiger partial charge on any atom is 0.330 e. The summed E-state index contributed by atoms with van der Waals surface area (Å²) < 4.78 is 4.15. The lowest BCUT2D eigenvalue weighted by Crippen LogP contribution is -2.54. The minimum atomic E-state index is -1.00. The SMILES string of the molecule is COC(=O)C(NC(=O)Cc1ccccc1)C1NC(C(=O)O)C(C)(C)S1. The first-order chi connectivity index (χ1) is 11.7. The van der Waals surface area contributed by atoms with Crippen molar-refractivity contribution in [3.63, 3.8) is 0 Å². The summed E-state index contributed by atoms with van der Waals surface area (Å²) in [6, 6.07) is 7.34. The third kappa shape index (κ3) is 4.73. The lowest BCUT2D eigenvalue weighted by atomic mass is 10.0. The second-order valence-electron chi connectivity index (χ2n) is 6.31. The summed E-state index contributed by atoms with van der Waals surface area (Å²) in [5.41, 5.74) is 0.819. The van der Waals surface area contributed by atoms with Gasteiger partial charge in [-0.05, 0) is 19.4 Å². The van der Waals surface area contributed by atoms with E-state index in [0.717, 1.165) is 5.56 Å². The van der Waals surface area contributed by atoms with Crippen molar-refractivity contribution in [3.8, 4) is 0 Å². The minimum absolute atomic E-state index is 0.122. The van der Waals surface area contributed by atoms with Crippen molar-refractivity contribution in [1.29, 1.82) is 0 Å². The third-order valence-electron chi connectivity index (χ3n) is 3.99. The van der Waals surface area contributed by atoms with Crippen LogP contribution < -0.4 is 10.6 Å². The van der Waals surface area contributed by atoms with Crippen LogP contribution in [0.2, 0.25) is 0 Å². The molecule has 1 amide bonds. The first kappa shape index (κ1) is 19.3. The van der Waals surface area contributed by atoms with Gasteiger partial charge in [0.2, 0.25) is 5.91 Å². The van der Waals surface area contributed by atoms with Crippen molar-refractivity contribution >= 4 is 29.6 Å². The molecular weight excluding hydrogens is 344 g/mol. The zero-order valence-electron chi connectivity index (χ0n) is 14.3. The molecule has 7 nitrogen and oxygen atoms in total. The van der Waals surface area contributed by atoms with Gasteiger partial charge in [0.1, 0.15) is 6.04 Å². The summed E-state index contributed by atoms with van der Waals surface area (Å²) in [5, 5.41) is 14.3. The topological polar surface area (TPSA) is 105 Å². The first-order valence-corrected chi connectivity index (χ1v) is 8.70. The van der Waals surface area contributed by atoms with Crippen molar-refractivity contribution in [1.82, 2.24) is 10.6 Å². The van der Waals surface area contributed by atoms with E-state index in [9.17, 15) is 19.5 Å². The molecule has 1 fully saturated rings. The molecule has 3 N–H and O–H groups in total. The zero-order chi connectivity index (χ0) is 18.6. The highest BCUT2D eigenvalue weighted by molar-refractivity contribution is 8.01. The number of ether oxygens (including phenoxy) is 1. The Labute approximate surface area is 150 Å². The molecule has 0 spiro atoms. The van der Waals surface area contributed by atoms with Crippen LogP contribution in [0, 0.1) is 0 Å². The standard InChI is InChI=1S/C17H22N2O5S/c1-17(2)13(15(21)22)19-14(25-17)12(16(23)24-3)18-11(20)9-10-7-5-4-6-8-10/h4-8,12-14,19H,9H2,1-3H3,(H,18,20)(H,21,22). The van der Waals surface area contributed by atoms with Gasteiger partial charge in [0.15, 0.2) is 6.04 Å². The second kappa shape index (κ2) is 7.88. The van der Waals surface area contributed by atoms with Gasteiger partial charge in [-0.3, -0.25) is 14.9 Å². The van der Waals surface area contributed by atoms with Gasteiger partial charge >= 0.3 is 11.9 Å². The maximum atomic E-state index is 12.3. The quantitative estimate of drug-likeness (QED) is 0.639. The number of carboxylic acids is 1. The number of nitrogens with one attached hydrogen (secondary N) is 2. The zero-order valence-corrected chi connectivity index (χ0v) is 15.1. The Morgan fingerprint density at radius 1 is 1.32 bits per heavy atom. The smallest absolute Gasteiger partial charge is 0.330 e. The Bertz CT molecular complexity index is 650. The molecule has 0 bridgehead atoms. The summed E-state index contributed by atoms with van der Waals surface area (Å²) in [6.07, 6.45) is 0.122. The number of carboxylic acid groups (broad SMARTS) is 1. The number of benzene rings is 1. The van der Waals surface area contributed by atoms with E-state index in [1.165, 1.54) is 18.9 Å². The first-order valence-electron chi connectivity index (χ1n) is 7.82. The number of rotatable bonds is 6. The number of hydrogen-bond donors (Lipinski definition) is 3. The van der Waals surface area contributed by atoms with Gasteiger partial charge in [-0.1, -0.05) is 30.3 Å². The molecule has 8 heteroatoms. The van der Waals surface area contributed by atoms with E-state index in [2.05, 4.69) is 10.6 Å². The number of carbonyl (C=O) groups is 3. The Kier molecular flexibility index (Phi) is 6.07. The summed E-state index contributed by atoms with van der Waals surface area (Å²) in [7, 11) is 1.23. The molecule has 1 saturated heterocycles. The molecule has 1 heterocycles. The largest absolute Gasteiger partial charge is 0.480 e. The number of hydrogen-bond acceptors (Lipinski definition) is 6. The van der Waals surface area contributed by atoms with Crippen molar-refractivity contribution in [2.75, 3.05) is 7.11 Å². The number of amides is 1. The molecule has 0 radical (unpaired) electrons.